The van der Waals surface area contributed by atoms with E-state index in [9.17, 15) is 76.3 Å². The van der Waals surface area contributed by atoms with Crippen molar-refractivity contribution in [1.29, 1.82) is 0 Å². The number of allylic oxidation sites excluding steroid dienone is 1. The second kappa shape index (κ2) is 22.4. The van der Waals surface area contributed by atoms with E-state index in [0.717, 1.165) is 0 Å². The third kappa shape index (κ3) is 11.7. The number of aliphatic hydroxyl groups is 14. The normalized spacial score (nSPS) is 51.0. The Balaban J connectivity index is 1.10. The summed E-state index contributed by atoms with van der Waals surface area (Å²) >= 11 is 0. The lowest BCUT2D eigenvalue weighted by Crippen LogP contribution is -2.66. The molecule has 3 saturated carbocycles. The van der Waals surface area contributed by atoms with E-state index in [2.05, 4.69) is 0 Å². The summed E-state index contributed by atoms with van der Waals surface area (Å²) in [7, 11) is 0. The highest BCUT2D eigenvalue weighted by Gasteiger charge is 2.56. The Kier molecular flexibility index (Phi) is 17.7. The van der Waals surface area contributed by atoms with E-state index in [1.807, 2.05) is 0 Å². The van der Waals surface area contributed by atoms with Crippen LogP contribution in [0.1, 0.15) is 64.2 Å². The third-order valence-electron chi connectivity index (χ3n) is 14.3. The van der Waals surface area contributed by atoms with Crippen LogP contribution in [0, 0.1) is 17.8 Å². The molecule has 7 rings (SSSR count). The molecular weight excluding hydrogens is 872 g/mol. The monoisotopic (exact) mass is 940 g/mol. The Morgan fingerprint density at radius 3 is 1.75 bits per heavy atom. The topological polar surface area (TPSA) is 374 Å². The molecule has 3 aliphatic carbocycles. The molecule has 374 valence electrons. The molecule has 4 aliphatic heterocycles. The maximum atomic E-state index is 12.6. The Morgan fingerprint density at radius 2 is 1.11 bits per heavy atom. The van der Waals surface area contributed by atoms with Crippen molar-refractivity contribution in [2.75, 3.05) is 19.8 Å². The van der Waals surface area contributed by atoms with Crippen LogP contribution in [0.3, 0.4) is 0 Å². The molecule has 4 saturated heterocycles. The fourth-order valence-corrected chi connectivity index (χ4v) is 10.4. The summed E-state index contributed by atoms with van der Waals surface area (Å²) in [6.45, 7) is -2.13. The first kappa shape index (κ1) is 51.2. The smallest absolute Gasteiger partial charge is 0.330 e. The van der Waals surface area contributed by atoms with E-state index >= 15 is 0 Å². The summed E-state index contributed by atoms with van der Waals surface area (Å²) in [5, 5.41) is 149. The number of carbonyl (C=O) groups is 1. The molecule has 9 unspecified atom stereocenters. The number of hydrogen-bond donors (Lipinski definition) is 14. The van der Waals surface area contributed by atoms with Gasteiger partial charge < -0.3 is 109 Å². The lowest BCUT2D eigenvalue weighted by molar-refractivity contribution is -0.380. The Morgan fingerprint density at radius 1 is 0.523 bits per heavy atom. The number of aliphatic hydroxyl groups excluding tert-OH is 14. The van der Waals surface area contributed by atoms with Gasteiger partial charge in [-0.25, -0.2) is 4.79 Å². The van der Waals surface area contributed by atoms with Crippen LogP contribution in [0.2, 0.25) is 0 Å². The molecule has 14 N–H and O–H groups in total. The van der Waals surface area contributed by atoms with Crippen molar-refractivity contribution in [3.63, 3.8) is 0 Å². The molecule has 23 heteroatoms. The minimum atomic E-state index is -1.98. The molecule has 65 heavy (non-hydrogen) atoms. The summed E-state index contributed by atoms with van der Waals surface area (Å²) in [6.07, 6.45) is -26.7. The molecule has 0 aromatic heterocycles. The second-order valence-corrected chi connectivity index (χ2v) is 18.8. The quantitative estimate of drug-likeness (QED) is 0.0604. The highest BCUT2D eigenvalue weighted by Crippen LogP contribution is 2.45. The first-order chi connectivity index (χ1) is 31.0. The van der Waals surface area contributed by atoms with Crippen molar-refractivity contribution in [3.05, 3.63) is 12.2 Å². The predicted molar refractivity (Wildman–Crippen MR) is 212 cm³/mol. The Labute approximate surface area is 374 Å². The van der Waals surface area contributed by atoms with Gasteiger partial charge in [-0.05, 0) is 69.6 Å². The van der Waals surface area contributed by atoms with Gasteiger partial charge in [0, 0.05) is 18.4 Å². The molecule has 7 fully saturated rings. The van der Waals surface area contributed by atoms with Gasteiger partial charge in [-0.2, -0.15) is 0 Å². The molecular formula is C42H68O23. The third-order valence-corrected chi connectivity index (χ3v) is 14.3. The van der Waals surface area contributed by atoms with Gasteiger partial charge in [0.05, 0.1) is 62.0 Å². The molecule has 24 atom stereocenters. The molecule has 0 aromatic rings. The minimum Gasteiger partial charge on any atom is -0.460 e. The summed E-state index contributed by atoms with van der Waals surface area (Å²) in [6, 6.07) is 0. The first-order valence-corrected chi connectivity index (χ1v) is 22.8. The maximum Gasteiger partial charge on any atom is 0.330 e. The standard InChI is InChI=1S/C42H68O23/c43-13-26-30(50)33(53)36(56)40(62-26)60-24-11-19(46)10-23-20(24)12-25(38(59-23)17-4-7-21(47)22(48)9-17)61-42-39(35(55)31(51)27(14-44)63-42)65-41-37(57)34(54)32(52)28(64-41)15-58-29(49)8-3-16-1-5-18(45)6-2-16/h3,8,16-28,30-48,50-57H,1-2,4-7,9-15H2/t16?,17?,18?,19?,20?,21?,22?,23?,24?,25?,26-,27-,28-,30-,31-,32-,33+,34+,35+,36-,37-,38?,39-,40-,41+,42-/m1/s1. The number of ether oxygens (including phenoxy) is 8. The fourth-order valence-electron chi connectivity index (χ4n) is 10.4. The molecule has 0 bridgehead atoms. The van der Waals surface area contributed by atoms with E-state index in [-0.39, 0.29) is 44.1 Å². The van der Waals surface area contributed by atoms with Crippen LogP contribution in [0.4, 0.5) is 0 Å². The number of fused-ring (bicyclic) bond motifs is 1. The van der Waals surface area contributed by atoms with E-state index in [1.165, 1.54) is 6.08 Å². The van der Waals surface area contributed by atoms with E-state index < -0.39 is 172 Å². The zero-order chi connectivity index (χ0) is 46.9. The average Bonchev–Trinajstić information content (AvgIpc) is 3.29. The minimum absolute atomic E-state index is 0.0161. The Bertz CT molecular complexity index is 1530. The molecule has 7 aliphatic rings. The molecule has 23 nitrogen and oxygen atoms in total. The van der Waals surface area contributed by atoms with Crippen molar-refractivity contribution in [2.24, 2.45) is 17.8 Å². The van der Waals surface area contributed by atoms with Gasteiger partial charge in [0.2, 0.25) is 0 Å². The molecule has 0 aromatic carbocycles. The van der Waals surface area contributed by atoms with Crippen LogP contribution in [0.15, 0.2) is 12.2 Å². The van der Waals surface area contributed by atoms with E-state index in [4.69, 9.17) is 37.9 Å². The van der Waals surface area contributed by atoms with E-state index in [0.29, 0.717) is 32.1 Å². The zero-order valence-corrected chi connectivity index (χ0v) is 35.8. The summed E-state index contributed by atoms with van der Waals surface area (Å²) in [4.78, 5) is 12.6. The summed E-state index contributed by atoms with van der Waals surface area (Å²) in [5.41, 5.74) is 0. The fraction of sp³-hybridized carbons (Fsp3) is 0.929. The number of esters is 1. The SMILES string of the molecule is O=C(C=CC1CCC(O)CC1)OC[C@H]1O[C@@H](O[C@H]2[C@H](OC3CC4C(CC(O)CC4O[C@@H]4O[C@H](CO)[C@@H](O)[C@H](O)[C@H]4O)OC3C3CCC(O)C(O)C3)O[C@H](CO)[C@@H](O)[C@@H]2O)[C@H](O)[C@@H](O)[C@@H]1O. The van der Waals surface area contributed by atoms with Crippen molar-refractivity contribution < 1.29 is 114 Å². The lowest BCUT2D eigenvalue weighted by atomic mass is 9.72. The van der Waals surface area contributed by atoms with Gasteiger partial charge >= 0.3 is 5.97 Å². The Hall–Kier alpha value is -1.63. The van der Waals surface area contributed by atoms with Gasteiger partial charge in [0.1, 0.15) is 79.9 Å². The van der Waals surface area contributed by atoms with Gasteiger partial charge in [-0.15, -0.1) is 0 Å². The molecule has 0 radical (unpaired) electrons. The van der Waals surface area contributed by atoms with E-state index in [1.54, 1.807) is 6.08 Å². The highest BCUT2D eigenvalue weighted by atomic mass is 16.8. The van der Waals surface area contributed by atoms with Crippen LogP contribution < -0.4 is 0 Å². The van der Waals surface area contributed by atoms with Gasteiger partial charge in [-0.1, -0.05) is 6.08 Å². The first-order valence-electron chi connectivity index (χ1n) is 22.8. The maximum absolute atomic E-state index is 12.6. The van der Waals surface area contributed by atoms with Gasteiger partial charge in [-0.3, -0.25) is 0 Å². The number of rotatable bonds is 13. The van der Waals surface area contributed by atoms with Crippen LogP contribution in [0.25, 0.3) is 0 Å². The van der Waals surface area contributed by atoms with Gasteiger partial charge in [0.25, 0.3) is 0 Å². The van der Waals surface area contributed by atoms with Gasteiger partial charge in [0.15, 0.2) is 18.9 Å². The van der Waals surface area contributed by atoms with Crippen LogP contribution in [0.5, 0.6) is 0 Å². The second-order valence-electron chi connectivity index (χ2n) is 18.8. The van der Waals surface area contributed by atoms with Crippen molar-refractivity contribution in [3.8, 4) is 0 Å². The van der Waals surface area contributed by atoms with Crippen LogP contribution in [-0.4, -0.2) is 238 Å². The highest BCUT2D eigenvalue weighted by molar-refractivity contribution is 5.81. The number of carbonyl (C=O) groups excluding carboxylic acids is 1. The lowest BCUT2D eigenvalue weighted by Gasteiger charge is -2.53. The molecule has 0 spiro atoms. The van der Waals surface area contributed by atoms with Crippen LogP contribution in [-0.2, 0) is 42.7 Å². The summed E-state index contributed by atoms with van der Waals surface area (Å²) < 4.78 is 48.2. The predicted octanol–water partition coefficient (Wildman–Crippen LogP) is -5.71. The number of hydrogen-bond acceptors (Lipinski definition) is 23. The average molecular weight is 941 g/mol. The molecule has 0 amide bonds. The largest absolute Gasteiger partial charge is 0.460 e. The zero-order valence-electron chi connectivity index (χ0n) is 35.8. The van der Waals surface area contributed by atoms with Crippen molar-refractivity contribution in [1.82, 2.24) is 0 Å². The van der Waals surface area contributed by atoms with Crippen molar-refractivity contribution in [2.45, 2.75) is 205 Å². The molecule has 4 heterocycles. The summed E-state index contributed by atoms with van der Waals surface area (Å²) in [5.74, 6) is -1.86. The van der Waals surface area contributed by atoms with Crippen LogP contribution >= 0.6 is 0 Å². The van der Waals surface area contributed by atoms with Crippen molar-refractivity contribution >= 4 is 5.97 Å².